The van der Waals surface area contributed by atoms with Crippen LogP contribution in [0, 0.1) is 6.92 Å². The number of thiophene rings is 1. The minimum absolute atomic E-state index is 0.0140. The number of benzene rings is 2. The number of fused-ring (bicyclic) bond motifs is 1. The fraction of sp³-hybridized carbons (Fsp3) is 0.0500. The third-order valence-corrected chi connectivity index (χ3v) is 7.62. The van der Waals surface area contributed by atoms with Gasteiger partial charge in [0, 0.05) is 15.8 Å². The van der Waals surface area contributed by atoms with Crippen molar-refractivity contribution in [1.29, 1.82) is 0 Å². The summed E-state index contributed by atoms with van der Waals surface area (Å²) in [4.78, 5) is 4.08. The lowest BCUT2D eigenvalue weighted by Gasteiger charge is -2.10. The monoisotopic (exact) mass is 508 g/mol. The summed E-state index contributed by atoms with van der Waals surface area (Å²) in [6, 6.07) is 12.6. The van der Waals surface area contributed by atoms with E-state index in [1.54, 1.807) is 43.3 Å². The molecular weight excluding hydrogens is 495 g/mol. The van der Waals surface area contributed by atoms with Crippen molar-refractivity contribution in [3.63, 3.8) is 0 Å². The molecule has 0 aliphatic heterocycles. The van der Waals surface area contributed by atoms with E-state index >= 15 is 0 Å². The zero-order valence-electron chi connectivity index (χ0n) is 16.3. The molecule has 2 heterocycles. The van der Waals surface area contributed by atoms with E-state index in [4.69, 9.17) is 23.2 Å². The van der Waals surface area contributed by atoms with Crippen molar-refractivity contribution in [3.8, 4) is 17.4 Å². The lowest BCUT2D eigenvalue weighted by molar-refractivity contribution is 0.406. The molecule has 4 rings (SSSR count). The molecule has 0 fully saturated rings. The first-order chi connectivity index (χ1) is 15.2. The molecule has 12 heteroatoms. The van der Waals surface area contributed by atoms with E-state index in [-0.39, 0.29) is 16.0 Å². The van der Waals surface area contributed by atoms with E-state index in [9.17, 15) is 18.6 Å². The lowest BCUT2D eigenvalue weighted by atomic mass is 10.2. The van der Waals surface area contributed by atoms with Crippen LogP contribution in [-0.2, 0) is 10.0 Å². The maximum atomic E-state index is 12.0. The molecule has 4 aromatic rings. The molecule has 0 unspecified atom stereocenters. The van der Waals surface area contributed by atoms with E-state index in [2.05, 4.69) is 14.6 Å². The van der Waals surface area contributed by atoms with Gasteiger partial charge >= 0.3 is 10.0 Å². The van der Waals surface area contributed by atoms with Crippen LogP contribution in [0.4, 0.5) is 5.69 Å². The smallest absolute Gasteiger partial charge is 0.309 e. The maximum absolute atomic E-state index is 12.0. The third-order valence-electron chi connectivity index (χ3n) is 4.52. The second-order valence-electron chi connectivity index (χ2n) is 6.62. The van der Waals surface area contributed by atoms with Crippen LogP contribution in [0.2, 0.25) is 9.36 Å². The van der Waals surface area contributed by atoms with Crippen LogP contribution >= 0.6 is 34.5 Å². The summed E-state index contributed by atoms with van der Waals surface area (Å²) in [6.45, 7) is 1.78. The van der Waals surface area contributed by atoms with E-state index < -0.39 is 10.0 Å². The number of hydrogen-bond acceptors (Lipinski definition) is 6. The Kier molecular flexibility index (Phi) is 5.95. The van der Waals surface area contributed by atoms with Crippen molar-refractivity contribution in [2.45, 2.75) is 11.1 Å². The predicted octanol–water partition coefficient (Wildman–Crippen LogP) is 6.22. The molecule has 32 heavy (non-hydrogen) atoms. The summed E-state index contributed by atoms with van der Waals surface area (Å²) in [5.41, 5.74) is 1.69. The van der Waals surface area contributed by atoms with Crippen LogP contribution < -0.4 is 0 Å². The Bertz CT molecular complexity index is 1510. The maximum Gasteiger partial charge on any atom is 0.309 e. The molecular formula is C20H14Cl2N4O4S2. The quantitative estimate of drug-likeness (QED) is 0.189. The van der Waals surface area contributed by atoms with Gasteiger partial charge in [0.1, 0.15) is 10.5 Å². The summed E-state index contributed by atoms with van der Waals surface area (Å²) in [7, 11) is -3.94. The minimum Gasteiger partial charge on any atom is -0.494 e. The summed E-state index contributed by atoms with van der Waals surface area (Å²) >= 11 is 12.6. The average molecular weight is 509 g/mol. The summed E-state index contributed by atoms with van der Waals surface area (Å²) < 4.78 is 29.0. The van der Waals surface area contributed by atoms with Gasteiger partial charge in [-0.1, -0.05) is 27.7 Å². The second kappa shape index (κ2) is 8.55. The molecule has 0 saturated carbocycles. The molecule has 2 aromatic heterocycles. The highest BCUT2D eigenvalue weighted by Crippen LogP contribution is 2.41. The van der Waals surface area contributed by atoms with E-state index in [0.29, 0.717) is 37.1 Å². The molecule has 0 saturated heterocycles. The Balaban J connectivity index is 1.60. The van der Waals surface area contributed by atoms with Gasteiger partial charge in [0.2, 0.25) is 11.8 Å². The van der Waals surface area contributed by atoms with Gasteiger partial charge in [0.15, 0.2) is 0 Å². The number of halogens is 2. The van der Waals surface area contributed by atoms with Crippen molar-refractivity contribution in [2.24, 2.45) is 14.6 Å². The Morgan fingerprint density at radius 1 is 1.00 bits per heavy atom. The third kappa shape index (κ3) is 4.22. The number of aromatic hydroxyl groups is 2. The number of rotatable bonds is 5. The van der Waals surface area contributed by atoms with Gasteiger partial charge in [-0.05, 0) is 61.0 Å². The van der Waals surface area contributed by atoms with Gasteiger partial charge < -0.3 is 10.2 Å². The van der Waals surface area contributed by atoms with Gasteiger partial charge in [0.05, 0.1) is 15.7 Å². The number of sulfonamides is 1. The minimum atomic E-state index is -3.94. The van der Waals surface area contributed by atoms with Gasteiger partial charge in [-0.15, -0.1) is 16.5 Å². The standard InChI is InChI=1S/C20H14Cl2N4O4S2/c1-11-8-13(23-10-24-25-32(29,30)18-7-6-17(22)31-18)3-5-16(11)26-19(27)14-4-2-12(21)9-15(14)20(26)28/h2-10,27-28H,1H3. The van der Waals surface area contributed by atoms with E-state index in [0.717, 1.165) is 17.7 Å². The summed E-state index contributed by atoms with van der Waals surface area (Å²) in [5, 5.41) is 26.0. The molecule has 0 radical (unpaired) electrons. The molecule has 0 atom stereocenters. The van der Waals surface area contributed by atoms with Crippen LogP contribution in [0.25, 0.3) is 16.5 Å². The predicted molar refractivity (Wildman–Crippen MR) is 126 cm³/mol. The van der Waals surface area contributed by atoms with Crippen molar-refractivity contribution in [3.05, 3.63) is 63.5 Å². The Hall–Kier alpha value is -2.92. The van der Waals surface area contributed by atoms with Crippen molar-refractivity contribution >= 4 is 67.4 Å². The SMILES string of the molecule is Cc1cc(N=CN=NS(=O)(=O)c2ccc(Cl)s2)ccc1-n1c(O)c2ccc(Cl)cc2c1O. The molecule has 164 valence electrons. The Morgan fingerprint density at radius 3 is 2.44 bits per heavy atom. The molecule has 0 aliphatic carbocycles. The van der Waals surface area contributed by atoms with Gasteiger partial charge in [-0.25, -0.2) is 4.99 Å². The van der Waals surface area contributed by atoms with Crippen molar-refractivity contribution in [1.82, 2.24) is 4.57 Å². The number of aryl methyl sites for hydroxylation is 1. The molecule has 0 aliphatic rings. The number of aliphatic imine (C=N–C) groups is 1. The molecule has 0 spiro atoms. The Morgan fingerprint density at radius 2 is 1.75 bits per heavy atom. The van der Waals surface area contributed by atoms with E-state index in [1.807, 2.05) is 0 Å². The zero-order valence-corrected chi connectivity index (χ0v) is 19.4. The highest BCUT2D eigenvalue weighted by atomic mass is 35.5. The normalized spacial score (nSPS) is 12.5. The van der Waals surface area contributed by atoms with Crippen LogP contribution in [0.15, 0.2) is 67.4 Å². The van der Waals surface area contributed by atoms with E-state index in [1.165, 1.54) is 16.7 Å². The lowest BCUT2D eigenvalue weighted by Crippen LogP contribution is -1.95. The summed E-state index contributed by atoms with van der Waals surface area (Å²) in [6.07, 6.45) is 1.02. The van der Waals surface area contributed by atoms with Gasteiger partial charge in [-0.2, -0.15) is 8.42 Å². The first-order valence-electron chi connectivity index (χ1n) is 8.95. The van der Waals surface area contributed by atoms with Crippen molar-refractivity contribution < 1.29 is 18.6 Å². The largest absolute Gasteiger partial charge is 0.494 e. The second-order valence-corrected chi connectivity index (χ2v) is 10.6. The average Bonchev–Trinajstić information content (AvgIpc) is 3.28. The van der Waals surface area contributed by atoms with Gasteiger partial charge in [0.25, 0.3) is 0 Å². The van der Waals surface area contributed by atoms with Crippen LogP contribution in [-0.4, -0.2) is 29.5 Å². The zero-order chi connectivity index (χ0) is 23.0. The fourth-order valence-corrected chi connectivity index (χ4v) is 5.45. The van der Waals surface area contributed by atoms with Gasteiger partial charge in [-0.3, -0.25) is 4.57 Å². The first-order valence-corrected chi connectivity index (χ1v) is 12.0. The number of hydrogen-bond donors (Lipinski definition) is 2. The number of nitrogens with zero attached hydrogens (tertiary/aromatic N) is 4. The fourth-order valence-electron chi connectivity index (χ4n) is 3.09. The van der Waals surface area contributed by atoms with Crippen LogP contribution in [0.3, 0.4) is 0 Å². The Labute approximate surface area is 196 Å². The molecule has 0 bridgehead atoms. The highest BCUT2D eigenvalue weighted by Gasteiger charge is 2.19. The van der Waals surface area contributed by atoms with Crippen LogP contribution in [0.5, 0.6) is 11.8 Å². The van der Waals surface area contributed by atoms with Crippen LogP contribution in [0.1, 0.15) is 5.56 Å². The molecule has 2 aromatic carbocycles. The topological polar surface area (TPSA) is 117 Å². The first kappa shape index (κ1) is 22.3. The molecule has 2 N–H and O–H groups in total. The van der Waals surface area contributed by atoms with Crippen molar-refractivity contribution in [2.75, 3.05) is 0 Å². The molecule has 8 nitrogen and oxygen atoms in total. The number of aromatic nitrogens is 1. The summed E-state index contributed by atoms with van der Waals surface area (Å²) in [5.74, 6) is -0.270. The highest BCUT2D eigenvalue weighted by molar-refractivity contribution is 7.92. The molecule has 0 amide bonds.